The molecule has 4 heteroatoms. The van der Waals surface area contributed by atoms with Crippen LogP contribution in [0.1, 0.15) is 0 Å². The van der Waals surface area contributed by atoms with Gasteiger partial charge in [0.2, 0.25) is 0 Å². The fourth-order valence-electron chi connectivity index (χ4n) is 6.01. The number of pyridine rings is 2. The van der Waals surface area contributed by atoms with E-state index < -0.39 is 0 Å². The number of fused-ring (bicyclic) bond motifs is 9. The van der Waals surface area contributed by atoms with Crippen LogP contribution in [0.4, 0.5) is 0 Å². The van der Waals surface area contributed by atoms with Crippen LogP contribution in [-0.4, -0.2) is 9.97 Å². The molecule has 0 aliphatic rings. The summed E-state index contributed by atoms with van der Waals surface area (Å²) in [6.45, 7) is 0. The zero-order valence-corrected chi connectivity index (χ0v) is 22.9. The lowest BCUT2D eigenvalue weighted by Crippen LogP contribution is -1.94. The van der Waals surface area contributed by atoms with Gasteiger partial charge in [0.1, 0.15) is 0 Å². The monoisotopic (exact) mass is 544 g/mol. The summed E-state index contributed by atoms with van der Waals surface area (Å²) in [5.41, 5.74) is 4.97. The molecule has 9 aromatic rings. The van der Waals surface area contributed by atoms with Crippen molar-refractivity contribution >= 4 is 84.7 Å². The zero-order valence-electron chi connectivity index (χ0n) is 21.3. The first-order valence-electron chi connectivity index (χ1n) is 13.3. The molecule has 0 aliphatic carbocycles. The van der Waals surface area contributed by atoms with Gasteiger partial charge in [0.05, 0.1) is 27.3 Å². The Morgan fingerprint density at radius 2 is 1.05 bits per heavy atom. The first-order chi connectivity index (χ1) is 19.8. The van der Waals surface area contributed by atoms with Crippen molar-refractivity contribution in [2.75, 3.05) is 0 Å². The van der Waals surface area contributed by atoms with Crippen molar-refractivity contribution < 1.29 is 0 Å². The molecule has 0 atom stereocenters. The van der Waals surface area contributed by atoms with Crippen LogP contribution in [0.25, 0.3) is 84.7 Å². The SMILES string of the molecule is c1ccc(-c2nc(-c3nc4cc5c(cc4c4ccccc34)sc3ccccc35)cc3c2sc2ccccc23)cc1. The summed E-state index contributed by atoms with van der Waals surface area (Å²) in [5.74, 6) is 0. The summed E-state index contributed by atoms with van der Waals surface area (Å²) < 4.78 is 5.09. The fraction of sp³-hybridized carbons (Fsp3) is 0. The van der Waals surface area contributed by atoms with E-state index in [1.807, 2.05) is 22.7 Å². The lowest BCUT2D eigenvalue weighted by atomic mass is 9.99. The van der Waals surface area contributed by atoms with E-state index in [2.05, 4.69) is 121 Å². The molecule has 2 nitrogen and oxygen atoms in total. The number of hydrogen-bond donors (Lipinski definition) is 0. The molecule has 0 aliphatic heterocycles. The summed E-state index contributed by atoms with van der Waals surface area (Å²) in [5, 5.41) is 8.56. The van der Waals surface area contributed by atoms with Crippen molar-refractivity contribution in [3.63, 3.8) is 0 Å². The maximum atomic E-state index is 5.36. The third kappa shape index (κ3) is 3.21. The standard InChI is InChI=1S/C36H20N2S2/c1-2-10-21(11-3-1)34-36-28(24-14-7-9-17-32(24)40-36)19-30(38-34)35-25-15-5-4-12-22(25)26-20-33-27(18-29(26)37-35)23-13-6-8-16-31(23)39-33/h1-20H. The van der Waals surface area contributed by atoms with Gasteiger partial charge in [-0.1, -0.05) is 91.0 Å². The second-order valence-electron chi connectivity index (χ2n) is 10.2. The minimum absolute atomic E-state index is 0.906. The van der Waals surface area contributed by atoms with Crippen molar-refractivity contribution in [3.8, 4) is 22.6 Å². The van der Waals surface area contributed by atoms with Crippen LogP contribution < -0.4 is 0 Å². The molecule has 0 amide bonds. The number of hydrogen-bond acceptors (Lipinski definition) is 4. The Labute approximate surface area is 237 Å². The van der Waals surface area contributed by atoms with E-state index >= 15 is 0 Å². The molecule has 0 saturated carbocycles. The molecule has 9 rings (SSSR count). The Morgan fingerprint density at radius 1 is 0.400 bits per heavy atom. The highest BCUT2D eigenvalue weighted by atomic mass is 32.1. The van der Waals surface area contributed by atoms with Crippen LogP contribution in [0.5, 0.6) is 0 Å². The van der Waals surface area contributed by atoms with Gasteiger partial charge < -0.3 is 0 Å². The zero-order chi connectivity index (χ0) is 26.2. The largest absolute Gasteiger partial charge is 0.245 e. The smallest absolute Gasteiger partial charge is 0.0972 e. The highest BCUT2D eigenvalue weighted by Gasteiger charge is 2.18. The molecule has 4 aromatic heterocycles. The average Bonchev–Trinajstić information content (AvgIpc) is 3.57. The quantitative estimate of drug-likeness (QED) is 0.202. The van der Waals surface area contributed by atoms with Crippen LogP contribution in [0.3, 0.4) is 0 Å². The second-order valence-corrected chi connectivity index (χ2v) is 12.3. The first kappa shape index (κ1) is 22.2. The van der Waals surface area contributed by atoms with Crippen molar-refractivity contribution in [2.24, 2.45) is 0 Å². The van der Waals surface area contributed by atoms with Crippen LogP contribution >= 0.6 is 22.7 Å². The van der Waals surface area contributed by atoms with Gasteiger partial charge >= 0.3 is 0 Å². The number of benzene rings is 5. The minimum atomic E-state index is 0.906. The number of aromatic nitrogens is 2. The van der Waals surface area contributed by atoms with E-state index in [1.54, 1.807) is 0 Å². The summed E-state index contributed by atoms with van der Waals surface area (Å²) in [7, 11) is 0. The van der Waals surface area contributed by atoms with E-state index in [0.717, 1.165) is 33.5 Å². The number of nitrogens with zero attached hydrogens (tertiary/aromatic N) is 2. The molecule has 0 unspecified atom stereocenters. The molecule has 0 bridgehead atoms. The van der Waals surface area contributed by atoms with Crippen molar-refractivity contribution in [1.29, 1.82) is 0 Å². The summed E-state index contributed by atoms with van der Waals surface area (Å²) in [4.78, 5) is 10.7. The van der Waals surface area contributed by atoms with Crippen LogP contribution in [0.2, 0.25) is 0 Å². The molecule has 0 spiro atoms. The Hall–Kier alpha value is -4.64. The van der Waals surface area contributed by atoms with Gasteiger partial charge in [-0.15, -0.1) is 22.7 Å². The topological polar surface area (TPSA) is 25.8 Å². The van der Waals surface area contributed by atoms with E-state index in [4.69, 9.17) is 9.97 Å². The number of thiophene rings is 2. The third-order valence-corrected chi connectivity index (χ3v) is 10.2. The van der Waals surface area contributed by atoms with Crippen molar-refractivity contribution in [3.05, 3.63) is 121 Å². The van der Waals surface area contributed by atoms with Gasteiger partial charge in [-0.3, -0.25) is 0 Å². The predicted molar refractivity (Wildman–Crippen MR) is 174 cm³/mol. The normalized spacial score (nSPS) is 12.0. The van der Waals surface area contributed by atoms with Crippen LogP contribution in [0, 0.1) is 0 Å². The molecular weight excluding hydrogens is 525 g/mol. The maximum Gasteiger partial charge on any atom is 0.0972 e. The Kier molecular flexibility index (Phi) is 4.68. The predicted octanol–water partition coefficient (Wildman–Crippen LogP) is 10.9. The van der Waals surface area contributed by atoms with Crippen molar-refractivity contribution in [2.45, 2.75) is 0 Å². The molecule has 40 heavy (non-hydrogen) atoms. The molecule has 0 fully saturated rings. The molecule has 4 heterocycles. The molecular formula is C36H20N2S2. The van der Waals surface area contributed by atoms with Gasteiger partial charge in [0, 0.05) is 52.0 Å². The van der Waals surface area contributed by atoms with Crippen molar-refractivity contribution in [1.82, 2.24) is 9.97 Å². The van der Waals surface area contributed by atoms with Gasteiger partial charge in [0.15, 0.2) is 0 Å². The highest BCUT2D eigenvalue weighted by Crippen LogP contribution is 2.43. The Morgan fingerprint density at radius 3 is 1.85 bits per heavy atom. The van der Waals surface area contributed by atoms with Gasteiger partial charge in [-0.25, -0.2) is 9.97 Å². The average molecular weight is 545 g/mol. The Bertz CT molecular complexity index is 2430. The lowest BCUT2D eigenvalue weighted by molar-refractivity contribution is 1.31. The van der Waals surface area contributed by atoms with Crippen LogP contribution in [0.15, 0.2) is 121 Å². The van der Waals surface area contributed by atoms with E-state index in [9.17, 15) is 0 Å². The van der Waals surface area contributed by atoms with E-state index in [1.165, 1.54) is 51.1 Å². The summed E-state index contributed by atoms with van der Waals surface area (Å²) >= 11 is 3.66. The molecule has 0 radical (unpaired) electrons. The van der Waals surface area contributed by atoms with Crippen LogP contribution in [-0.2, 0) is 0 Å². The lowest BCUT2D eigenvalue weighted by Gasteiger charge is -2.12. The second kappa shape index (κ2) is 8.43. The summed E-state index contributed by atoms with van der Waals surface area (Å²) in [6, 6.07) is 43.3. The molecule has 186 valence electrons. The highest BCUT2D eigenvalue weighted by molar-refractivity contribution is 7.26. The van der Waals surface area contributed by atoms with E-state index in [-0.39, 0.29) is 0 Å². The molecule has 0 N–H and O–H groups in total. The van der Waals surface area contributed by atoms with Gasteiger partial charge in [0.25, 0.3) is 0 Å². The first-order valence-corrected chi connectivity index (χ1v) is 15.0. The third-order valence-electron chi connectivity index (χ3n) is 7.85. The molecule has 5 aromatic carbocycles. The van der Waals surface area contributed by atoms with E-state index in [0.29, 0.717) is 0 Å². The minimum Gasteiger partial charge on any atom is -0.245 e. The number of rotatable bonds is 2. The molecule has 0 saturated heterocycles. The summed E-state index contributed by atoms with van der Waals surface area (Å²) in [6.07, 6.45) is 0. The Balaban J connectivity index is 1.41. The fourth-order valence-corrected chi connectivity index (χ4v) is 8.33. The van der Waals surface area contributed by atoms with Gasteiger partial charge in [-0.2, -0.15) is 0 Å². The van der Waals surface area contributed by atoms with Gasteiger partial charge in [-0.05, 0) is 35.7 Å². The maximum absolute atomic E-state index is 5.36.